The van der Waals surface area contributed by atoms with E-state index in [1.54, 1.807) is 6.92 Å². The van der Waals surface area contributed by atoms with Crippen LogP contribution in [0.15, 0.2) is 83.8 Å². The predicted octanol–water partition coefficient (Wildman–Crippen LogP) is 3.41. The molecule has 0 saturated carbocycles. The zero-order valence-corrected chi connectivity index (χ0v) is 16.0. The molecule has 0 heterocycles. The number of primary sulfonamides is 1. The number of carbonyl (C=O) groups is 1. The molecule has 0 spiro atoms. The van der Waals surface area contributed by atoms with Crippen LogP contribution in [-0.2, 0) is 14.8 Å². The smallest absolute Gasteiger partial charge is 0.265 e. The van der Waals surface area contributed by atoms with Gasteiger partial charge in [0.15, 0.2) is 6.10 Å². The van der Waals surface area contributed by atoms with Crippen molar-refractivity contribution in [3.8, 4) is 16.9 Å². The Bertz CT molecular complexity index is 1050. The summed E-state index contributed by atoms with van der Waals surface area (Å²) >= 11 is 0. The number of amides is 1. The maximum Gasteiger partial charge on any atom is 0.265 e. The van der Waals surface area contributed by atoms with Gasteiger partial charge >= 0.3 is 0 Å². The molecule has 0 aliphatic heterocycles. The monoisotopic (exact) mass is 396 g/mol. The Morgan fingerprint density at radius 2 is 1.46 bits per heavy atom. The molecule has 3 aromatic rings. The lowest BCUT2D eigenvalue weighted by molar-refractivity contribution is -0.122. The van der Waals surface area contributed by atoms with Crippen molar-refractivity contribution in [2.45, 2.75) is 17.9 Å². The molecule has 6 nitrogen and oxygen atoms in total. The number of nitrogens with one attached hydrogen (secondary N) is 1. The summed E-state index contributed by atoms with van der Waals surface area (Å²) in [5.41, 5.74) is 2.61. The molecule has 0 radical (unpaired) electrons. The Morgan fingerprint density at radius 3 is 2.04 bits per heavy atom. The van der Waals surface area contributed by atoms with Gasteiger partial charge in [0.25, 0.3) is 5.91 Å². The van der Waals surface area contributed by atoms with Crippen molar-refractivity contribution in [1.29, 1.82) is 0 Å². The van der Waals surface area contributed by atoms with Crippen LogP contribution >= 0.6 is 0 Å². The molecule has 3 N–H and O–H groups in total. The van der Waals surface area contributed by atoms with Gasteiger partial charge in [-0.1, -0.05) is 42.5 Å². The summed E-state index contributed by atoms with van der Waals surface area (Å²) in [6, 6.07) is 23.0. The summed E-state index contributed by atoms with van der Waals surface area (Å²) in [5.74, 6) is 0.224. The van der Waals surface area contributed by atoms with Crippen molar-refractivity contribution in [2.24, 2.45) is 5.14 Å². The number of hydrogen-bond donors (Lipinski definition) is 2. The molecule has 1 amide bonds. The molecule has 28 heavy (non-hydrogen) atoms. The minimum Gasteiger partial charge on any atom is -0.481 e. The lowest BCUT2D eigenvalue weighted by Gasteiger charge is -2.15. The molecule has 0 fully saturated rings. The van der Waals surface area contributed by atoms with Crippen LogP contribution in [0.1, 0.15) is 6.92 Å². The quantitative estimate of drug-likeness (QED) is 0.667. The Hall–Kier alpha value is -3.16. The number of ether oxygens (including phenoxy) is 1. The third-order valence-electron chi connectivity index (χ3n) is 4.09. The largest absolute Gasteiger partial charge is 0.481 e. The van der Waals surface area contributed by atoms with Crippen molar-refractivity contribution in [3.05, 3.63) is 78.9 Å². The Labute approximate surface area is 164 Å². The third-order valence-corrected chi connectivity index (χ3v) is 5.02. The number of carbonyl (C=O) groups excluding carboxylic acids is 1. The van der Waals surface area contributed by atoms with E-state index in [-0.39, 0.29) is 10.8 Å². The van der Waals surface area contributed by atoms with Crippen LogP contribution in [0.4, 0.5) is 5.69 Å². The summed E-state index contributed by atoms with van der Waals surface area (Å²) in [6.07, 6.45) is -0.736. The summed E-state index contributed by atoms with van der Waals surface area (Å²) in [7, 11) is -3.77. The van der Waals surface area contributed by atoms with Gasteiger partial charge < -0.3 is 10.1 Å². The zero-order chi connectivity index (χ0) is 20.1. The van der Waals surface area contributed by atoms with E-state index < -0.39 is 16.1 Å². The average Bonchev–Trinajstić information content (AvgIpc) is 2.69. The van der Waals surface area contributed by atoms with Crippen LogP contribution < -0.4 is 15.2 Å². The highest BCUT2D eigenvalue weighted by Crippen LogP contribution is 2.23. The zero-order valence-electron chi connectivity index (χ0n) is 15.2. The first-order valence-corrected chi connectivity index (χ1v) is 10.1. The molecule has 0 bridgehead atoms. The second-order valence-electron chi connectivity index (χ2n) is 6.21. The van der Waals surface area contributed by atoms with E-state index in [4.69, 9.17) is 9.88 Å². The van der Waals surface area contributed by atoms with Crippen LogP contribution in [0.5, 0.6) is 5.75 Å². The molecule has 0 saturated heterocycles. The van der Waals surface area contributed by atoms with Gasteiger partial charge in [-0.25, -0.2) is 13.6 Å². The fourth-order valence-corrected chi connectivity index (χ4v) is 3.10. The second kappa shape index (κ2) is 8.24. The van der Waals surface area contributed by atoms with Crippen LogP contribution in [-0.4, -0.2) is 20.4 Å². The SMILES string of the molecule is C[C@@H](Oc1ccc(-c2ccccc2)cc1)C(=O)Nc1ccc(S(N)(=O)=O)cc1. The number of sulfonamides is 1. The van der Waals surface area contributed by atoms with Gasteiger partial charge in [-0.15, -0.1) is 0 Å². The highest BCUT2D eigenvalue weighted by atomic mass is 32.2. The highest BCUT2D eigenvalue weighted by molar-refractivity contribution is 7.89. The minimum atomic E-state index is -3.77. The van der Waals surface area contributed by atoms with Crippen LogP contribution in [0.25, 0.3) is 11.1 Å². The van der Waals surface area contributed by atoms with Gasteiger partial charge in [0.2, 0.25) is 10.0 Å². The molecule has 144 valence electrons. The fourth-order valence-electron chi connectivity index (χ4n) is 2.59. The first-order chi connectivity index (χ1) is 13.3. The van der Waals surface area contributed by atoms with Crippen LogP contribution in [0, 0.1) is 0 Å². The minimum absolute atomic E-state index is 0.0201. The number of anilines is 1. The Balaban J connectivity index is 1.61. The predicted molar refractivity (Wildman–Crippen MR) is 108 cm³/mol. The molecule has 0 aromatic heterocycles. The third kappa shape index (κ3) is 4.97. The summed E-state index contributed by atoms with van der Waals surface area (Å²) < 4.78 is 28.2. The molecular formula is C21H20N2O4S. The topological polar surface area (TPSA) is 98.5 Å². The molecule has 7 heteroatoms. The average molecular weight is 396 g/mol. The van der Waals surface area contributed by atoms with Gasteiger partial charge in [0, 0.05) is 5.69 Å². The first-order valence-electron chi connectivity index (χ1n) is 8.59. The van der Waals surface area contributed by atoms with Crippen molar-refractivity contribution in [3.63, 3.8) is 0 Å². The maximum absolute atomic E-state index is 12.3. The van der Waals surface area contributed by atoms with Crippen molar-refractivity contribution in [1.82, 2.24) is 0 Å². The van der Waals surface area contributed by atoms with E-state index in [1.165, 1.54) is 24.3 Å². The lowest BCUT2D eigenvalue weighted by Crippen LogP contribution is -2.30. The standard InChI is InChI=1S/C21H20N2O4S/c1-15(21(24)23-18-9-13-20(14-10-18)28(22,25)26)27-19-11-7-17(8-12-19)16-5-3-2-4-6-16/h2-15H,1H3,(H,23,24)(H2,22,25,26)/t15-/m1/s1. The molecular weight excluding hydrogens is 376 g/mol. The van der Waals surface area contributed by atoms with E-state index in [0.717, 1.165) is 11.1 Å². The molecule has 1 atom stereocenters. The van der Waals surface area contributed by atoms with E-state index in [1.807, 2.05) is 54.6 Å². The highest BCUT2D eigenvalue weighted by Gasteiger charge is 2.15. The van der Waals surface area contributed by atoms with Crippen molar-refractivity contribution in [2.75, 3.05) is 5.32 Å². The maximum atomic E-state index is 12.3. The fraction of sp³-hybridized carbons (Fsp3) is 0.0952. The van der Waals surface area contributed by atoms with Gasteiger partial charge in [-0.2, -0.15) is 0 Å². The van der Waals surface area contributed by atoms with E-state index in [9.17, 15) is 13.2 Å². The summed E-state index contributed by atoms with van der Waals surface area (Å²) in [4.78, 5) is 12.3. The van der Waals surface area contributed by atoms with Gasteiger partial charge in [0.1, 0.15) is 5.75 Å². The lowest BCUT2D eigenvalue weighted by atomic mass is 10.1. The molecule has 3 rings (SSSR count). The van der Waals surface area contributed by atoms with Gasteiger partial charge in [0.05, 0.1) is 4.90 Å². The number of rotatable bonds is 6. The normalized spacial score (nSPS) is 12.2. The number of hydrogen-bond acceptors (Lipinski definition) is 4. The number of benzene rings is 3. The number of nitrogens with two attached hydrogens (primary N) is 1. The van der Waals surface area contributed by atoms with Crippen LogP contribution in [0.2, 0.25) is 0 Å². The molecule has 3 aromatic carbocycles. The van der Waals surface area contributed by atoms with Crippen molar-refractivity contribution >= 4 is 21.6 Å². The van der Waals surface area contributed by atoms with E-state index >= 15 is 0 Å². The second-order valence-corrected chi connectivity index (χ2v) is 7.77. The van der Waals surface area contributed by atoms with Gasteiger partial charge in [-0.05, 0) is 54.4 Å². The molecule has 0 unspecified atom stereocenters. The van der Waals surface area contributed by atoms with Crippen molar-refractivity contribution < 1.29 is 17.9 Å². The first kappa shape index (κ1) is 19.6. The van der Waals surface area contributed by atoms with Gasteiger partial charge in [-0.3, -0.25) is 4.79 Å². The van der Waals surface area contributed by atoms with Crippen LogP contribution in [0.3, 0.4) is 0 Å². The Morgan fingerprint density at radius 1 is 0.893 bits per heavy atom. The summed E-state index contributed by atoms with van der Waals surface area (Å²) in [5, 5.41) is 7.73. The molecule has 0 aliphatic carbocycles. The Kier molecular flexibility index (Phi) is 5.77. The van der Waals surface area contributed by atoms with E-state index in [0.29, 0.717) is 11.4 Å². The summed E-state index contributed by atoms with van der Waals surface area (Å²) in [6.45, 7) is 1.64. The van der Waals surface area contributed by atoms with E-state index in [2.05, 4.69) is 5.32 Å². The molecule has 0 aliphatic rings.